The van der Waals surface area contributed by atoms with Crippen LogP contribution in [0.2, 0.25) is 0 Å². The summed E-state index contributed by atoms with van der Waals surface area (Å²) >= 11 is 1.27. The standard InChI is InChI=1S/C17H13FN2OS/c1-11-2-4-12(5-3-11)10-15-16(21)20-17(22-15)19-14-8-6-13(18)7-9-14/h2-10H,1H3,(H,19,20,21)/b15-10-. The van der Waals surface area contributed by atoms with Crippen molar-refractivity contribution in [1.82, 2.24) is 5.32 Å². The molecule has 22 heavy (non-hydrogen) atoms. The predicted molar refractivity (Wildman–Crippen MR) is 88.4 cm³/mol. The van der Waals surface area contributed by atoms with Gasteiger partial charge in [-0.1, -0.05) is 29.8 Å². The fourth-order valence-electron chi connectivity index (χ4n) is 1.93. The molecule has 0 aromatic heterocycles. The van der Waals surface area contributed by atoms with Gasteiger partial charge in [0, 0.05) is 0 Å². The van der Waals surface area contributed by atoms with Crippen molar-refractivity contribution in [2.75, 3.05) is 0 Å². The molecule has 1 amide bonds. The highest BCUT2D eigenvalue weighted by Gasteiger charge is 2.23. The monoisotopic (exact) mass is 312 g/mol. The van der Waals surface area contributed by atoms with Crippen LogP contribution in [-0.4, -0.2) is 11.1 Å². The zero-order chi connectivity index (χ0) is 15.5. The van der Waals surface area contributed by atoms with E-state index in [0.29, 0.717) is 15.8 Å². The third-order valence-electron chi connectivity index (χ3n) is 3.08. The summed E-state index contributed by atoms with van der Waals surface area (Å²) in [5, 5.41) is 3.21. The van der Waals surface area contributed by atoms with E-state index in [1.165, 1.54) is 29.5 Å². The van der Waals surface area contributed by atoms with Crippen LogP contribution < -0.4 is 5.32 Å². The molecule has 0 unspecified atom stereocenters. The first-order valence-corrected chi connectivity index (χ1v) is 7.54. The largest absolute Gasteiger partial charge is 0.300 e. The summed E-state index contributed by atoms with van der Waals surface area (Å²) in [6.45, 7) is 2.02. The van der Waals surface area contributed by atoms with Gasteiger partial charge in [0.2, 0.25) is 0 Å². The van der Waals surface area contributed by atoms with Crippen LogP contribution >= 0.6 is 11.8 Å². The molecule has 1 N–H and O–H groups in total. The second-order valence-electron chi connectivity index (χ2n) is 4.87. The van der Waals surface area contributed by atoms with Crippen LogP contribution in [0.15, 0.2) is 58.4 Å². The van der Waals surface area contributed by atoms with Crippen molar-refractivity contribution in [1.29, 1.82) is 0 Å². The Balaban J connectivity index is 1.80. The van der Waals surface area contributed by atoms with E-state index >= 15 is 0 Å². The number of carbonyl (C=O) groups is 1. The first kappa shape index (κ1) is 14.5. The maximum atomic E-state index is 12.9. The van der Waals surface area contributed by atoms with Crippen molar-refractivity contribution < 1.29 is 9.18 Å². The Morgan fingerprint density at radius 3 is 2.45 bits per heavy atom. The Bertz CT molecular complexity index is 764. The minimum absolute atomic E-state index is 0.175. The average Bonchev–Trinajstić information content (AvgIpc) is 2.84. The lowest BCUT2D eigenvalue weighted by Crippen LogP contribution is -2.19. The molecule has 1 saturated heterocycles. The Hall–Kier alpha value is -2.40. The summed E-state index contributed by atoms with van der Waals surface area (Å²) in [5.74, 6) is -0.488. The summed E-state index contributed by atoms with van der Waals surface area (Å²) in [4.78, 5) is 16.8. The lowest BCUT2D eigenvalue weighted by molar-refractivity contribution is -0.115. The molecule has 1 heterocycles. The molecule has 0 radical (unpaired) electrons. The lowest BCUT2D eigenvalue weighted by Gasteiger charge is -1.96. The molecule has 3 rings (SSSR count). The number of amidine groups is 1. The molecule has 2 aromatic rings. The molecular weight excluding hydrogens is 299 g/mol. The molecule has 110 valence electrons. The predicted octanol–water partition coefficient (Wildman–Crippen LogP) is 4.03. The highest BCUT2D eigenvalue weighted by atomic mass is 32.2. The molecule has 1 aliphatic rings. The van der Waals surface area contributed by atoms with Crippen LogP contribution in [0.25, 0.3) is 6.08 Å². The van der Waals surface area contributed by atoms with Crippen LogP contribution in [0.4, 0.5) is 10.1 Å². The van der Waals surface area contributed by atoms with E-state index < -0.39 is 0 Å². The van der Waals surface area contributed by atoms with Crippen molar-refractivity contribution in [3.05, 3.63) is 70.4 Å². The van der Waals surface area contributed by atoms with Gasteiger partial charge < -0.3 is 5.32 Å². The fraction of sp³-hybridized carbons (Fsp3) is 0.0588. The molecular formula is C17H13FN2OS. The van der Waals surface area contributed by atoms with Gasteiger partial charge in [-0.15, -0.1) is 0 Å². The van der Waals surface area contributed by atoms with Gasteiger partial charge in [-0.25, -0.2) is 9.38 Å². The molecule has 1 aliphatic heterocycles. The summed E-state index contributed by atoms with van der Waals surface area (Å²) in [5.41, 5.74) is 2.73. The minimum Gasteiger partial charge on any atom is -0.300 e. The molecule has 5 heteroatoms. The number of nitrogens with zero attached hydrogens (tertiary/aromatic N) is 1. The Kier molecular flexibility index (Phi) is 4.06. The van der Waals surface area contributed by atoms with Gasteiger partial charge in [-0.2, -0.15) is 0 Å². The Morgan fingerprint density at radius 2 is 1.77 bits per heavy atom. The van der Waals surface area contributed by atoms with E-state index in [9.17, 15) is 9.18 Å². The van der Waals surface area contributed by atoms with Gasteiger partial charge in [-0.3, -0.25) is 4.79 Å². The molecule has 0 saturated carbocycles. The first-order chi connectivity index (χ1) is 10.6. The zero-order valence-electron chi connectivity index (χ0n) is 11.8. The van der Waals surface area contributed by atoms with Crippen molar-refractivity contribution in [2.45, 2.75) is 6.92 Å². The number of halogens is 1. The zero-order valence-corrected chi connectivity index (χ0v) is 12.7. The summed E-state index contributed by atoms with van der Waals surface area (Å²) < 4.78 is 12.9. The fourth-order valence-corrected chi connectivity index (χ4v) is 2.77. The molecule has 0 bridgehead atoms. The highest BCUT2D eigenvalue weighted by molar-refractivity contribution is 8.18. The SMILES string of the molecule is Cc1ccc(/C=C2\SC(=Nc3ccc(F)cc3)NC2=O)cc1. The van der Waals surface area contributed by atoms with Crippen LogP contribution in [0, 0.1) is 12.7 Å². The molecule has 0 spiro atoms. The number of benzene rings is 2. The maximum absolute atomic E-state index is 12.9. The van der Waals surface area contributed by atoms with E-state index in [0.717, 1.165) is 5.56 Å². The number of hydrogen-bond acceptors (Lipinski definition) is 3. The number of hydrogen-bond donors (Lipinski definition) is 1. The number of aryl methyl sites for hydroxylation is 1. The normalized spacial score (nSPS) is 18.0. The lowest BCUT2D eigenvalue weighted by atomic mass is 10.1. The number of thioether (sulfide) groups is 1. The minimum atomic E-state index is -0.313. The van der Waals surface area contributed by atoms with Crippen LogP contribution in [0.1, 0.15) is 11.1 Å². The average molecular weight is 312 g/mol. The van der Waals surface area contributed by atoms with Gasteiger partial charge >= 0.3 is 0 Å². The van der Waals surface area contributed by atoms with Gasteiger partial charge in [0.25, 0.3) is 5.91 Å². The van der Waals surface area contributed by atoms with Gasteiger partial charge in [0.15, 0.2) is 5.17 Å². The number of carbonyl (C=O) groups excluding carboxylic acids is 1. The Morgan fingerprint density at radius 1 is 1.09 bits per heavy atom. The van der Waals surface area contributed by atoms with E-state index in [1.54, 1.807) is 12.1 Å². The van der Waals surface area contributed by atoms with Gasteiger partial charge in [0.1, 0.15) is 5.82 Å². The molecule has 0 atom stereocenters. The van der Waals surface area contributed by atoms with Gasteiger partial charge in [-0.05, 0) is 54.6 Å². The van der Waals surface area contributed by atoms with Crippen LogP contribution in [0.5, 0.6) is 0 Å². The van der Waals surface area contributed by atoms with Crippen LogP contribution in [-0.2, 0) is 4.79 Å². The number of rotatable bonds is 2. The Labute approximate surface area is 132 Å². The quantitative estimate of drug-likeness (QED) is 0.851. The second-order valence-corrected chi connectivity index (χ2v) is 5.90. The molecule has 0 aliphatic carbocycles. The van der Waals surface area contributed by atoms with Crippen molar-refractivity contribution in [3.63, 3.8) is 0 Å². The van der Waals surface area contributed by atoms with Gasteiger partial charge in [0.05, 0.1) is 10.6 Å². The third kappa shape index (κ3) is 3.43. The third-order valence-corrected chi connectivity index (χ3v) is 3.99. The summed E-state index contributed by atoms with van der Waals surface area (Å²) in [7, 11) is 0. The van der Waals surface area contributed by atoms with Crippen molar-refractivity contribution in [2.24, 2.45) is 4.99 Å². The maximum Gasteiger partial charge on any atom is 0.264 e. The number of nitrogens with one attached hydrogen (secondary N) is 1. The smallest absolute Gasteiger partial charge is 0.264 e. The van der Waals surface area contributed by atoms with Crippen molar-refractivity contribution >= 4 is 34.6 Å². The van der Waals surface area contributed by atoms with Crippen molar-refractivity contribution in [3.8, 4) is 0 Å². The van der Waals surface area contributed by atoms with Crippen LogP contribution in [0.3, 0.4) is 0 Å². The van der Waals surface area contributed by atoms with E-state index in [-0.39, 0.29) is 11.7 Å². The second kappa shape index (κ2) is 6.15. The van der Waals surface area contributed by atoms with E-state index in [1.807, 2.05) is 37.3 Å². The molecule has 3 nitrogen and oxygen atoms in total. The first-order valence-electron chi connectivity index (χ1n) is 6.72. The molecule has 2 aromatic carbocycles. The highest BCUT2D eigenvalue weighted by Crippen LogP contribution is 2.28. The number of amides is 1. The number of aliphatic imine (C=N–C) groups is 1. The summed E-state index contributed by atoms with van der Waals surface area (Å²) in [6, 6.07) is 13.7. The van der Waals surface area contributed by atoms with E-state index in [4.69, 9.17) is 0 Å². The molecule has 1 fully saturated rings. The topological polar surface area (TPSA) is 41.5 Å². The summed E-state index contributed by atoms with van der Waals surface area (Å²) in [6.07, 6.45) is 1.83. The van der Waals surface area contributed by atoms with E-state index in [2.05, 4.69) is 10.3 Å².